The number of aliphatic carboxylic acids is 1. The van der Waals surface area contributed by atoms with E-state index < -0.39 is 60.4 Å². The summed E-state index contributed by atoms with van der Waals surface area (Å²) in [5, 5.41) is 25.5. The number of guanidine groups is 1. The SMILES string of the molecule is NC(=O)CCC(N)C(=O)NC(CO)C(=O)NC(CS)C(=O)NC(CCCN=C(N)N)C(=O)O. The summed E-state index contributed by atoms with van der Waals surface area (Å²) in [7, 11) is 0. The van der Waals surface area contributed by atoms with Gasteiger partial charge in [-0.05, 0) is 19.3 Å². The van der Waals surface area contributed by atoms with Crippen molar-refractivity contribution >= 4 is 48.2 Å². The zero-order valence-electron chi connectivity index (χ0n) is 17.9. The van der Waals surface area contributed by atoms with Gasteiger partial charge in [-0.15, -0.1) is 0 Å². The van der Waals surface area contributed by atoms with Crippen molar-refractivity contribution in [2.75, 3.05) is 18.9 Å². The number of aliphatic hydroxyl groups is 1. The smallest absolute Gasteiger partial charge is 0.326 e. The Morgan fingerprint density at radius 1 is 0.879 bits per heavy atom. The van der Waals surface area contributed by atoms with Crippen LogP contribution in [0.2, 0.25) is 0 Å². The average molecular weight is 493 g/mol. The highest BCUT2D eigenvalue weighted by Gasteiger charge is 2.29. The quantitative estimate of drug-likeness (QED) is 0.0424. The number of aliphatic hydroxyl groups excluding tert-OH is 1. The van der Waals surface area contributed by atoms with Crippen molar-refractivity contribution in [3.63, 3.8) is 0 Å². The number of nitrogens with zero attached hydrogens (tertiary/aromatic N) is 1. The van der Waals surface area contributed by atoms with E-state index in [1.54, 1.807) is 0 Å². The molecule has 0 heterocycles. The van der Waals surface area contributed by atoms with Crippen LogP contribution in [0.4, 0.5) is 0 Å². The maximum Gasteiger partial charge on any atom is 0.326 e. The number of hydrogen-bond donors (Lipinski definition) is 10. The van der Waals surface area contributed by atoms with Crippen molar-refractivity contribution in [3.05, 3.63) is 0 Å². The molecule has 188 valence electrons. The first-order valence-corrected chi connectivity index (χ1v) is 10.5. The topological polar surface area (TPSA) is 278 Å². The summed E-state index contributed by atoms with van der Waals surface area (Å²) in [6, 6.07) is -5.15. The molecule has 0 radical (unpaired) electrons. The van der Waals surface area contributed by atoms with Crippen molar-refractivity contribution < 1.29 is 34.2 Å². The number of hydrogen-bond acceptors (Lipinski definition) is 9. The molecule has 16 heteroatoms. The molecule has 0 rings (SSSR count). The minimum absolute atomic E-state index is 0.0175. The van der Waals surface area contributed by atoms with Crippen molar-refractivity contribution in [2.45, 2.75) is 49.9 Å². The minimum Gasteiger partial charge on any atom is -0.480 e. The number of thiol groups is 1. The van der Waals surface area contributed by atoms with Gasteiger partial charge in [0.1, 0.15) is 18.1 Å². The van der Waals surface area contributed by atoms with Crippen molar-refractivity contribution in [3.8, 4) is 0 Å². The predicted octanol–water partition coefficient (Wildman–Crippen LogP) is -4.91. The lowest BCUT2D eigenvalue weighted by Gasteiger charge is -2.23. The van der Waals surface area contributed by atoms with Crippen LogP contribution in [0.1, 0.15) is 25.7 Å². The second-order valence-electron chi connectivity index (χ2n) is 6.95. The van der Waals surface area contributed by atoms with Crippen LogP contribution in [-0.2, 0) is 24.0 Å². The van der Waals surface area contributed by atoms with E-state index in [2.05, 4.69) is 33.6 Å². The largest absolute Gasteiger partial charge is 0.480 e. The lowest BCUT2D eigenvalue weighted by Crippen LogP contribution is -2.58. The molecule has 33 heavy (non-hydrogen) atoms. The van der Waals surface area contributed by atoms with Gasteiger partial charge in [0.2, 0.25) is 23.6 Å². The van der Waals surface area contributed by atoms with Crippen molar-refractivity contribution in [1.82, 2.24) is 16.0 Å². The first-order chi connectivity index (χ1) is 15.4. The van der Waals surface area contributed by atoms with Gasteiger partial charge in [0.15, 0.2) is 5.96 Å². The van der Waals surface area contributed by atoms with Gasteiger partial charge in [0, 0.05) is 18.7 Å². The number of carboxylic acid groups (broad SMARTS) is 1. The number of nitrogens with two attached hydrogens (primary N) is 4. The minimum atomic E-state index is -1.46. The molecular formula is C17H32N8O7S. The number of carbonyl (C=O) groups is 5. The Balaban J connectivity index is 4.94. The molecule has 0 aromatic heterocycles. The third-order valence-corrected chi connectivity index (χ3v) is 4.59. The maximum atomic E-state index is 12.4. The van der Waals surface area contributed by atoms with Crippen molar-refractivity contribution in [1.29, 1.82) is 0 Å². The summed E-state index contributed by atoms with van der Waals surface area (Å²) in [5.74, 6) is -4.90. The first-order valence-electron chi connectivity index (χ1n) is 9.87. The Bertz CT molecular complexity index is 732. The molecule has 0 aliphatic rings. The molecule has 0 aromatic rings. The molecular weight excluding hydrogens is 460 g/mol. The third kappa shape index (κ3) is 12.5. The van der Waals surface area contributed by atoms with Crippen LogP contribution in [0.3, 0.4) is 0 Å². The van der Waals surface area contributed by atoms with E-state index in [1.807, 2.05) is 0 Å². The lowest BCUT2D eigenvalue weighted by atomic mass is 10.1. The summed E-state index contributed by atoms with van der Waals surface area (Å²) in [4.78, 5) is 62.8. The lowest BCUT2D eigenvalue weighted by molar-refractivity contribution is -0.142. The maximum absolute atomic E-state index is 12.4. The zero-order chi connectivity index (χ0) is 25.6. The number of nitrogens with one attached hydrogen (secondary N) is 3. The normalized spacial score (nSPS) is 14.2. The molecule has 0 aromatic carbocycles. The van der Waals surface area contributed by atoms with E-state index in [-0.39, 0.29) is 43.9 Å². The summed E-state index contributed by atoms with van der Waals surface area (Å²) in [5.41, 5.74) is 21.0. The fourth-order valence-corrected chi connectivity index (χ4v) is 2.66. The van der Waals surface area contributed by atoms with Crippen molar-refractivity contribution in [2.24, 2.45) is 27.9 Å². The van der Waals surface area contributed by atoms with Gasteiger partial charge in [-0.25, -0.2) is 4.79 Å². The van der Waals surface area contributed by atoms with Gasteiger partial charge in [-0.2, -0.15) is 12.6 Å². The monoisotopic (exact) mass is 492 g/mol. The van der Waals surface area contributed by atoms with Gasteiger partial charge in [0.25, 0.3) is 0 Å². The Morgan fingerprint density at radius 3 is 1.91 bits per heavy atom. The molecule has 0 bridgehead atoms. The summed E-state index contributed by atoms with van der Waals surface area (Å²) >= 11 is 3.98. The van der Waals surface area contributed by atoms with E-state index in [9.17, 15) is 34.2 Å². The van der Waals surface area contributed by atoms with Crippen LogP contribution >= 0.6 is 12.6 Å². The Kier molecular flexibility index (Phi) is 14.2. The van der Waals surface area contributed by atoms with E-state index in [4.69, 9.17) is 22.9 Å². The Labute approximate surface area is 195 Å². The van der Waals surface area contributed by atoms with E-state index >= 15 is 0 Å². The molecule has 4 amide bonds. The average Bonchev–Trinajstić information content (AvgIpc) is 2.74. The predicted molar refractivity (Wildman–Crippen MR) is 121 cm³/mol. The van der Waals surface area contributed by atoms with Crippen LogP contribution in [0.25, 0.3) is 0 Å². The molecule has 0 spiro atoms. The fourth-order valence-electron chi connectivity index (χ4n) is 2.40. The zero-order valence-corrected chi connectivity index (χ0v) is 18.8. The number of aliphatic imine (C=N–C) groups is 1. The molecule has 4 unspecified atom stereocenters. The number of rotatable bonds is 16. The summed E-state index contributed by atoms with van der Waals surface area (Å²) in [6.07, 6.45) is 0.0663. The second kappa shape index (κ2) is 15.7. The molecule has 0 saturated carbocycles. The van der Waals surface area contributed by atoms with Gasteiger partial charge in [-0.3, -0.25) is 24.2 Å². The van der Waals surface area contributed by atoms with Gasteiger partial charge in [0.05, 0.1) is 12.6 Å². The molecule has 0 aliphatic heterocycles. The number of amides is 4. The van der Waals surface area contributed by atoms with Gasteiger partial charge in [-0.1, -0.05) is 0 Å². The highest BCUT2D eigenvalue weighted by atomic mass is 32.1. The molecule has 4 atom stereocenters. The van der Waals surface area contributed by atoms with Crippen LogP contribution in [0.15, 0.2) is 4.99 Å². The second-order valence-corrected chi connectivity index (χ2v) is 7.31. The Morgan fingerprint density at radius 2 is 1.42 bits per heavy atom. The Hall–Kier alpha value is -3.11. The van der Waals surface area contributed by atoms with Crippen LogP contribution in [0.5, 0.6) is 0 Å². The fraction of sp³-hybridized carbons (Fsp3) is 0.647. The van der Waals surface area contributed by atoms with Gasteiger partial charge >= 0.3 is 5.97 Å². The molecule has 0 aliphatic carbocycles. The number of carbonyl (C=O) groups excluding carboxylic acids is 4. The molecule has 15 nitrogen and oxygen atoms in total. The molecule has 13 N–H and O–H groups in total. The van der Waals surface area contributed by atoms with E-state index in [1.165, 1.54) is 0 Å². The molecule has 0 saturated heterocycles. The van der Waals surface area contributed by atoms with E-state index in [0.29, 0.717) is 0 Å². The molecule has 0 fully saturated rings. The van der Waals surface area contributed by atoms with Gasteiger partial charge < -0.3 is 49.1 Å². The summed E-state index contributed by atoms with van der Waals surface area (Å²) in [6.45, 7) is -0.655. The highest BCUT2D eigenvalue weighted by molar-refractivity contribution is 7.80. The third-order valence-electron chi connectivity index (χ3n) is 4.23. The number of carboxylic acids is 1. The highest BCUT2D eigenvalue weighted by Crippen LogP contribution is 2.01. The van der Waals surface area contributed by atoms with E-state index in [0.717, 1.165) is 0 Å². The van der Waals surface area contributed by atoms with Crippen LogP contribution in [-0.4, -0.2) is 88.8 Å². The number of primary amides is 1. The summed E-state index contributed by atoms with van der Waals surface area (Å²) < 4.78 is 0. The first kappa shape index (κ1) is 29.9. The standard InChI is InChI=1S/C17H32N8O7S/c18-8(3-4-12(19)27)13(28)24-10(6-26)14(29)25-11(7-33)15(30)23-9(16(31)32)2-1-5-22-17(20)21/h8-11,26,33H,1-7,18H2,(H2,19,27)(H,23,30)(H,24,28)(H,25,29)(H,31,32)(H4,20,21,22). The van der Waals surface area contributed by atoms with Crippen LogP contribution in [0, 0.1) is 0 Å². The van der Waals surface area contributed by atoms with Crippen LogP contribution < -0.4 is 38.9 Å².